The predicted molar refractivity (Wildman–Crippen MR) is 144 cm³/mol. The molecule has 4 rings (SSSR count). The minimum absolute atomic E-state index is 0.119. The third-order valence-electron chi connectivity index (χ3n) is 5.31. The number of rotatable bonds is 6. The van der Waals surface area contributed by atoms with E-state index in [0.717, 1.165) is 15.6 Å². The standard InChI is InChI=1S/C26H18BrCl2N3O2S/c27-18-7-10-20(11-8-18)32-25(34)23(12-17-6-9-19(28)13-22(17)29)35-26(32)21(14-30)24(33)31-15-16-4-2-1-3-5-16/h1-11,13,23H,12,15H2,(H,31,33)/b26-21-/t23-/m0/s1. The van der Waals surface area contributed by atoms with E-state index in [0.29, 0.717) is 27.2 Å². The Balaban J connectivity index is 1.68. The smallest absolute Gasteiger partial charge is 0.264 e. The number of amides is 2. The minimum atomic E-state index is -0.572. The van der Waals surface area contributed by atoms with Gasteiger partial charge < -0.3 is 5.32 Å². The highest BCUT2D eigenvalue weighted by atomic mass is 79.9. The van der Waals surface area contributed by atoms with Crippen LogP contribution in [0.1, 0.15) is 11.1 Å². The van der Waals surface area contributed by atoms with Crippen molar-refractivity contribution in [3.05, 3.63) is 109 Å². The van der Waals surface area contributed by atoms with Crippen molar-refractivity contribution in [2.24, 2.45) is 0 Å². The quantitative estimate of drug-likeness (QED) is 0.264. The van der Waals surface area contributed by atoms with Crippen LogP contribution in [0.5, 0.6) is 0 Å². The Hall–Kier alpha value is -2.76. The first-order valence-electron chi connectivity index (χ1n) is 10.5. The lowest BCUT2D eigenvalue weighted by Gasteiger charge is -2.19. The maximum Gasteiger partial charge on any atom is 0.264 e. The van der Waals surface area contributed by atoms with E-state index in [4.69, 9.17) is 23.2 Å². The molecule has 1 saturated heterocycles. The number of thioether (sulfide) groups is 1. The van der Waals surface area contributed by atoms with E-state index >= 15 is 0 Å². The van der Waals surface area contributed by atoms with E-state index in [1.165, 1.54) is 16.7 Å². The Morgan fingerprint density at radius 3 is 2.46 bits per heavy atom. The van der Waals surface area contributed by atoms with Crippen molar-refractivity contribution < 1.29 is 9.59 Å². The first kappa shape index (κ1) is 25.3. The fourth-order valence-corrected chi connectivity index (χ4v) is 5.61. The van der Waals surface area contributed by atoms with Crippen molar-refractivity contribution in [2.75, 3.05) is 4.90 Å². The van der Waals surface area contributed by atoms with Crippen LogP contribution < -0.4 is 10.2 Å². The van der Waals surface area contributed by atoms with Gasteiger partial charge in [-0.2, -0.15) is 5.26 Å². The molecule has 3 aromatic rings. The zero-order valence-electron chi connectivity index (χ0n) is 18.2. The molecule has 0 unspecified atom stereocenters. The molecule has 1 aliphatic rings. The third-order valence-corrected chi connectivity index (χ3v) is 7.69. The Morgan fingerprint density at radius 1 is 1.09 bits per heavy atom. The van der Waals surface area contributed by atoms with Crippen LogP contribution in [0, 0.1) is 11.3 Å². The number of benzene rings is 3. The van der Waals surface area contributed by atoms with Gasteiger partial charge >= 0.3 is 0 Å². The lowest BCUT2D eigenvalue weighted by Crippen LogP contribution is -2.32. The molecule has 0 radical (unpaired) electrons. The highest BCUT2D eigenvalue weighted by Gasteiger charge is 2.41. The van der Waals surface area contributed by atoms with Crippen molar-refractivity contribution >= 4 is 68.4 Å². The van der Waals surface area contributed by atoms with Crippen LogP contribution in [0.4, 0.5) is 5.69 Å². The molecule has 0 spiro atoms. The Bertz CT molecular complexity index is 1340. The molecule has 0 aliphatic carbocycles. The normalized spacial score (nSPS) is 16.7. The highest BCUT2D eigenvalue weighted by molar-refractivity contribution is 9.10. The van der Waals surface area contributed by atoms with Gasteiger partial charge in [-0.05, 0) is 53.9 Å². The minimum Gasteiger partial charge on any atom is -0.347 e. The lowest BCUT2D eigenvalue weighted by molar-refractivity contribution is -0.117. The summed E-state index contributed by atoms with van der Waals surface area (Å²) in [4.78, 5) is 28.0. The fraction of sp³-hybridized carbons (Fsp3) is 0.115. The van der Waals surface area contributed by atoms with Gasteiger partial charge in [0.1, 0.15) is 16.7 Å². The number of hydrogen-bond acceptors (Lipinski definition) is 4. The molecule has 1 N–H and O–H groups in total. The van der Waals surface area contributed by atoms with Gasteiger partial charge in [-0.1, -0.05) is 87.3 Å². The average Bonchev–Trinajstić information content (AvgIpc) is 3.16. The summed E-state index contributed by atoms with van der Waals surface area (Å²) in [6.07, 6.45) is 0.320. The number of nitriles is 1. The molecule has 0 aromatic heterocycles. The molecule has 176 valence electrons. The maximum absolute atomic E-state index is 13.6. The van der Waals surface area contributed by atoms with Gasteiger partial charge in [-0.3, -0.25) is 14.5 Å². The molecule has 3 aromatic carbocycles. The summed E-state index contributed by atoms with van der Waals surface area (Å²) in [6, 6.07) is 23.7. The summed E-state index contributed by atoms with van der Waals surface area (Å²) < 4.78 is 0.844. The fourth-order valence-electron chi connectivity index (χ4n) is 3.57. The van der Waals surface area contributed by atoms with Crippen LogP contribution in [-0.2, 0) is 22.6 Å². The number of carbonyl (C=O) groups is 2. The Kier molecular flexibility index (Phi) is 8.19. The van der Waals surface area contributed by atoms with Crippen molar-refractivity contribution in [1.82, 2.24) is 5.32 Å². The number of carbonyl (C=O) groups excluding carboxylic acids is 2. The number of nitrogens with zero attached hydrogens (tertiary/aromatic N) is 2. The molecule has 0 bridgehead atoms. The van der Waals surface area contributed by atoms with Crippen molar-refractivity contribution in [2.45, 2.75) is 18.2 Å². The van der Waals surface area contributed by atoms with Gasteiger partial charge in [0.2, 0.25) is 5.91 Å². The zero-order chi connectivity index (χ0) is 24.9. The van der Waals surface area contributed by atoms with Gasteiger partial charge in [-0.25, -0.2) is 0 Å². The molecule has 2 amide bonds. The van der Waals surface area contributed by atoms with Crippen LogP contribution in [0.25, 0.3) is 0 Å². The second-order valence-corrected chi connectivity index (χ2v) is 10.6. The van der Waals surface area contributed by atoms with Gasteiger partial charge in [0, 0.05) is 26.8 Å². The summed E-state index contributed by atoms with van der Waals surface area (Å²) in [5, 5.41) is 13.4. The Labute approximate surface area is 225 Å². The van der Waals surface area contributed by atoms with Gasteiger partial charge in [0.05, 0.1) is 5.25 Å². The molecule has 1 heterocycles. The lowest BCUT2D eigenvalue weighted by atomic mass is 10.1. The average molecular weight is 587 g/mol. The van der Waals surface area contributed by atoms with E-state index in [9.17, 15) is 14.9 Å². The Morgan fingerprint density at radius 2 is 1.80 bits per heavy atom. The zero-order valence-corrected chi connectivity index (χ0v) is 22.1. The van der Waals surface area contributed by atoms with E-state index in [1.807, 2.05) is 36.4 Å². The number of anilines is 1. The van der Waals surface area contributed by atoms with Crippen LogP contribution in [0.15, 0.2) is 87.9 Å². The van der Waals surface area contributed by atoms with E-state index in [1.54, 1.807) is 42.5 Å². The van der Waals surface area contributed by atoms with E-state index < -0.39 is 11.2 Å². The van der Waals surface area contributed by atoms with E-state index in [2.05, 4.69) is 21.2 Å². The monoisotopic (exact) mass is 585 g/mol. The third kappa shape index (κ3) is 5.91. The second kappa shape index (κ2) is 11.3. The van der Waals surface area contributed by atoms with Crippen LogP contribution in [-0.4, -0.2) is 17.1 Å². The number of halogens is 3. The highest BCUT2D eigenvalue weighted by Crippen LogP contribution is 2.42. The number of nitrogens with one attached hydrogen (secondary N) is 1. The molecule has 1 aliphatic heterocycles. The summed E-state index contributed by atoms with van der Waals surface area (Å²) >= 11 is 17.0. The first-order chi connectivity index (χ1) is 16.9. The largest absolute Gasteiger partial charge is 0.347 e. The molecule has 0 saturated carbocycles. The van der Waals surface area contributed by atoms with Gasteiger partial charge in [0.15, 0.2) is 0 Å². The maximum atomic E-state index is 13.6. The van der Waals surface area contributed by atoms with Gasteiger partial charge in [-0.15, -0.1) is 0 Å². The molecule has 35 heavy (non-hydrogen) atoms. The second-order valence-electron chi connectivity index (χ2n) is 7.66. The van der Waals surface area contributed by atoms with E-state index in [-0.39, 0.29) is 18.0 Å². The summed E-state index contributed by atoms with van der Waals surface area (Å²) in [7, 11) is 0. The van der Waals surface area contributed by atoms with Crippen LogP contribution in [0.2, 0.25) is 10.0 Å². The molecule has 1 atom stereocenters. The van der Waals surface area contributed by atoms with Crippen molar-refractivity contribution in [3.8, 4) is 6.07 Å². The summed E-state index contributed by atoms with van der Waals surface area (Å²) in [5.74, 6) is -0.777. The molecular weight excluding hydrogens is 569 g/mol. The molecule has 9 heteroatoms. The predicted octanol–water partition coefficient (Wildman–Crippen LogP) is 6.50. The van der Waals surface area contributed by atoms with Crippen molar-refractivity contribution in [3.63, 3.8) is 0 Å². The van der Waals surface area contributed by atoms with Crippen LogP contribution in [0.3, 0.4) is 0 Å². The molecule has 5 nitrogen and oxygen atoms in total. The summed E-state index contributed by atoms with van der Waals surface area (Å²) in [6.45, 7) is 0.263. The topological polar surface area (TPSA) is 73.2 Å². The SMILES string of the molecule is N#C/C(C(=O)NCc1ccccc1)=C1/S[C@@H](Cc2ccc(Cl)cc2Cl)C(=O)N1c1ccc(Br)cc1. The van der Waals surface area contributed by atoms with Crippen molar-refractivity contribution in [1.29, 1.82) is 5.26 Å². The summed E-state index contributed by atoms with van der Waals surface area (Å²) in [5.41, 5.74) is 2.10. The van der Waals surface area contributed by atoms with Gasteiger partial charge in [0.25, 0.3) is 5.91 Å². The number of hydrogen-bond donors (Lipinski definition) is 1. The molecule has 1 fully saturated rings. The van der Waals surface area contributed by atoms with Crippen LogP contribution >= 0.6 is 50.9 Å². The first-order valence-corrected chi connectivity index (χ1v) is 13.0. The molecular formula is C26H18BrCl2N3O2S.